The molecule has 1 amide bonds. The van der Waals surface area contributed by atoms with Gasteiger partial charge in [-0.15, -0.1) is 5.10 Å². The van der Waals surface area contributed by atoms with E-state index in [-0.39, 0.29) is 36.2 Å². The summed E-state index contributed by atoms with van der Waals surface area (Å²) in [5, 5.41) is 6.96. The zero-order chi connectivity index (χ0) is 22.3. The molecule has 0 radical (unpaired) electrons. The van der Waals surface area contributed by atoms with E-state index in [9.17, 15) is 9.18 Å². The smallest absolute Gasteiger partial charge is 0.259 e. The number of amides is 1. The van der Waals surface area contributed by atoms with Crippen LogP contribution in [-0.2, 0) is 6.54 Å². The molecule has 10 heteroatoms. The minimum absolute atomic E-state index is 0.0512. The van der Waals surface area contributed by atoms with E-state index in [0.29, 0.717) is 22.8 Å². The highest BCUT2D eigenvalue weighted by Crippen LogP contribution is 2.35. The Morgan fingerprint density at radius 1 is 1.39 bits per heavy atom. The summed E-state index contributed by atoms with van der Waals surface area (Å²) in [6, 6.07) is 4.42. The summed E-state index contributed by atoms with van der Waals surface area (Å²) in [5.41, 5.74) is 6.83. The second-order valence-corrected chi connectivity index (χ2v) is 7.66. The number of carbonyl (C=O) groups is 1. The number of hydrogen-bond donors (Lipinski definition) is 2. The Morgan fingerprint density at radius 3 is 2.87 bits per heavy atom. The molecule has 1 atom stereocenters. The van der Waals surface area contributed by atoms with Gasteiger partial charge in [0.05, 0.1) is 13.1 Å². The quantitative estimate of drug-likeness (QED) is 0.584. The molecular formula is C21H22FN7O2. The third-order valence-electron chi connectivity index (χ3n) is 5.15. The van der Waals surface area contributed by atoms with Gasteiger partial charge >= 0.3 is 0 Å². The third kappa shape index (κ3) is 3.59. The van der Waals surface area contributed by atoms with Gasteiger partial charge in [-0.05, 0) is 39.0 Å². The summed E-state index contributed by atoms with van der Waals surface area (Å²) >= 11 is 0. The Labute approximate surface area is 178 Å². The molecule has 1 aliphatic heterocycles. The van der Waals surface area contributed by atoms with Crippen molar-refractivity contribution in [3.8, 4) is 5.75 Å². The molecule has 0 spiro atoms. The molecule has 0 saturated heterocycles. The van der Waals surface area contributed by atoms with E-state index in [1.165, 1.54) is 16.6 Å². The second-order valence-electron chi connectivity index (χ2n) is 7.66. The van der Waals surface area contributed by atoms with Crippen LogP contribution in [-0.4, -0.2) is 39.2 Å². The van der Waals surface area contributed by atoms with Crippen LogP contribution >= 0.6 is 0 Å². The van der Waals surface area contributed by atoms with Crippen molar-refractivity contribution in [1.29, 1.82) is 0 Å². The van der Waals surface area contributed by atoms with E-state index in [2.05, 4.69) is 20.2 Å². The summed E-state index contributed by atoms with van der Waals surface area (Å²) in [6.07, 6.45) is 1.23. The lowest BCUT2D eigenvalue weighted by Gasteiger charge is -2.29. The van der Waals surface area contributed by atoms with Crippen molar-refractivity contribution in [3.05, 3.63) is 52.8 Å². The number of carbonyl (C=O) groups excluding carboxylic acids is 1. The fourth-order valence-corrected chi connectivity index (χ4v) is 3.57. The lowest BCUT2D eigenvalue weighted by Crippen LogP contribution is -2.34. The van der Waals surface area contributed by atoms with Gasteiger partial charge in [0.2, 0.25) is 5.69 Å². The Morgan fingerprint density at radius 2 is 2.16 bits per heavy atom. The average molecular weight is 423 g/mol. The SMILES string of the molecule is [C-]#[N+]c1c(F)ccc2c1CN(C(C)C)c1ccn3nc(N)c(c3n1)C(=O)NC[C@H](C)O2. The highest BCUT2D eigenvalue weighted by atomic mass is 19.1. The maximum Gasteiger partial charge on any atom is 0.259 e. The average Bonchev–Trinajstić information content (AvgIpc) is 3.06. The minimum Gasteiger partial charge on any atom is -0.490 e. The normalized spacial score (nSPS) is 16.7. The lowest BCUT2D eigenvalue weighted by atomic mass is 10.1. The first-order valence-corrected chi connectivity index (χ1v) is 9.85. The predicted molar refractivity (Wildman–Crippen MR) is 114 cm³/mol. The molecule has 0 unspecified atom stereocenters. The van der Waals surface area contributed by atoms with E-state index in [0.717, 1.165) is 0 Å². The maximum atomic E-state index is 14.5. The first-order chi connectivity index (χ1) is 14.8. The van der Waals surface area contributed by atoms with Gasteiger partial charge in [0.15, 0.2) is 11.5 Å². The Bertz CT molecular complexity index is 1210. The molecule has 160 valence electrons. The molecule has 2 bridgehead atoms. The number of anilines is 2. The summed E-state index contributed by atoms with van der Waals surface area (Å²) in [7, 11) is 0. The molecule has 9 nitrogen and oxygen atoms in total. The zero-order valence-electron chi connectivity index (χ0n) is 17.4. The number of hydrogen-bond acceptors (Lipinski definition) is 6. The number of rotatable bonds is 1. The summed E-state index contributed by atoms with van der Waals surface area (Å²) in [6.45, 7) is 13.6. The van der Waals surface area contributed by atoms with Crippen LogP contribution in [0.25, 0.3) is 10.5 Å². The maximum absolute atomic E-state index is 14.5. The van der Waals surface area contributed by atoms with Crippen molar-refractivity contribution in [2.45, 2.75) is 39.5 Å². The van der Waals surface area contributed by atoms with Crippen LogP contribution in [0, 0.1) is 12.4 Å². The number of nitrogens with two attached hydrogens (primary N) is 1. The number of fused-ring (bicyclic) bond motifs is 2. The van der Waals surface area contributed by atoms with Crippen molar-refractivity contribution in [2.24, 2.45) is 0 Å². The Balaban J connectivity index is 1.95. The van der Waals surface area contributed by atoms with E-state index < -0.39 is 17.8 Å². The number of nitrogens with zero attached hydrogens (tertiary/aromatic N) is 5. The number of benzene rings is 1. The fraction of sp³-hybridized carbons (Fsp3) is 0.333. The van der Waals surface area contributed by atoms with Crippen molar-refractivity contribution in [3.63, 3.8) is 0 Å². The van der Waals surface area contributed by atoms with Gasteiger partial charge < -0.3 is 20.7 Å². The van der Waals surface area contributed by atoms with Crippen LogP contribution in [0.3, 0.4) is 0 Å². The summed E-state index contributed by atoms with van der Waals surface area (Å²) in [5.74, 6) is -0.0235. The van der Waals surface area contributed by atoms with Crippen LogP contribution in [0.2, 0.25) is 0 Å². The molecule has 0 aliphatic carbocycles. The van der Waals surface area contributed by atoms with Crippen LogP contribution in [0.4, 0.5) is 21.7 Å². The molecule has 31 heavy (non-hydrogen) atoms. The molecule has 1 aromatic carbocycles. The zero-order valence-corrected chi connectivity index (χ0v) is 17.4. The molecule has 3 aromatic rings. The topological polar surface area (TPSA) is 102 Å². The van der Waals surface area contributed by atoms with Gasteiger partial charge in [0.25, 0.3) is 5.91 Å². The van der Waals surface area contributed by atoms with Crippen LogP contribution < -0.4 is 20.7 Å². The van der Waals surface area contributed by atoms with Gasteiger partial charge in [-0.2, -0.15) is 0 Å². The first-order valence-electron chi connectivity index (χ1n) is 9.85. The van der Waals surface area contributed by atoms with Crippen molar-refractivity contribution < 1.29 is 13.9 Å². The fourth-order valence-electron chi connectivity index (χ4n) is 3.57. The molecule has 2 aromatic heterocycles. The second kappa shape index (κ2) is 7.75. The lowest BCUT2D eigenvalue weighted by molar-refractivity contribution is 0.0934. The molecule has 3 N–H and O–H groups in total. The monoisotopic (exact) mass is 423 g/mol. The van der Waals surface area contributed by atoms with Crippen LogP contribution in [0.15, 0.2) is 24.4 Å². The van der Waals surface area contributed by atoms with Gasteiger partial charge in [0, 0.05) is 24.3 Å². The largest absolute Gasteiger partial charge is 0.490 e. The number of aromatic nitrogens is 3. The minimum atomic E-state index is -0.611. The molecule has 0 saturated carbocycles. The molecule has 1 aliphatic rings. The van der Waals surface area contributed by atoms with E-state index in [1.807, 2.05) is 18.7 Å². The van der Waals surface area contributed by atoms with Crippen molar-refractivity contribution in [2.75, 3.05) is 17.2 Å². The number of nitrogen functional groups attached to an aromatic ring is 1. The Hall–Kier alpha value is -3.87. The van der Waals surface area contributed by atoms with Crippen LogP contribution in [0.1, 0.15) is 36.7 Å². The molecule has 4 rings (SSSR count). The number of ether oxygens (including phenoxy) is 1. The predicted octanol–water partition coefficient (Wildman–Crippen LogP) is 2.93. The van der Waals surface area contributed by atoms with Gasteiger partial charge in [-0.1, -0.05) is 0 Å². The van der Waals surface area contributed by atoms with E-state index in [1.54, 1.807) is 19.2 Å². The first kappa shape index (κ1) is 20.4. The van der Waals surface area contributed by atoms with Gasteiger partial charge in [0.1, 0.15) is 29.1 Å². The highest BCUT2D eigenvalue weighted by Gasteiger charge is 2.25. The molecule has 3 heterocycles. The molecular weight excluding hydrogens is 401 g/mol. The van der Waals surface area contributed by atoms with E-state index in [4.69, 9.17) is 17.0 Å². The van der Waals surface area contributed by atoms with Gasteiger partial charge in [-0.25, -0.2) is 18.7 Å². The summed E-state index contributed by atoms with van der Waals surface area (Å²) < 4.78 is 21.9. The van der Waals surface area contributed by atoms with Crippen LogP contribution in [0.5, 0.6) is 5.75 Å². The van der Waals surface area contributed by atoms with Gasteiger partial charge in [-0.3, -0.25) is 4.79 Å². The number of nitrogens with one attached hydrogen (secondary N) is 1. The highest BCUT2D eigenvalue weighted by molar-refractivity contribution is 6.04. The number of halogens is 1. The standard InChI is InChI=1S/C21H22FN7O2/c1-11(2)28-10-13-15(6-5-14(22)18(13)24-4)31-12(3)9-25-21(30)17-19(23)27-29-8-7-16(28)26-20(17)29/h5-8,11-12H,9-10H2,1-3H3,(H2,23,27)(H,25,30)/t12-/m0/s1. The summed E-state index contributed by atoms with van der Waals surface area (Å²) in [4.78, 5) is 22.8. The van der Waals surface area contributed by atoms with Crippen molar-refractivity contribution in [1.82, 2.24) is 19.9 Å². The third-order valence-corrected chi connectivity index (χ3v) is 5.15. The Kier molecular flexibility index (Phi) is 5.10. The van der Waals surface area contributed by atoms with E-state index >= 15 is 0 Å². The molecule has 0 fully saturated rings. The van der Waals surface area contributed by atoms with Crippen molar-refractivity contribution >= 4 is 28.9 Å².